The molecule has 0 aromatic heterocycles. The van der Waals surface area contributed by atoms with Gasteiger partial charge in [-0.05, 0) is 48.2 Å². The van der Waals surface area contributed by atoms with E-state index >= 15 is 0 Å². The summed E-state index contributed by atoms with van der Waals surface area (Å²) in [5.74, 6) is -1.47. The Kier molecular flexibility index (Phi) is 9.34. The summed E-state index contributed by atoms with van der Waals surface area (Å²) in [4.78, 5) is 37.6. The lowest BCUT2D eigenvalue weighted by molar-refractivity contribution is -0.151. The number of amides is 2. The average Bonchev–Trinajstić information content (AvgIpc) is 2.80. The molecule has 0 fully saturated rings. The van der Waals surface area contributed by atoms with Crippen LogP contribution in [0.5, 0.6) is 0 Å². The van der Waals surface area contributed by atoms with Gasteiger partial charge >= 0.3 is 5.97 Å². The smallest absolute Gasteiger partial charge is 0.309 e. The molecule has 0 saturated heterocycles. The van der Waals surface area contributed by atoms with E-state index in [4.69, 9.17) is 27.9 Å². The molecule has 0 radical (unpaired) electrons. The molecule has 6 nitrogen and oxygen atoms in total. The standard InChI is InChI=1S/C25H26Cl2N2O4/c26-20-10-6-17(7-11-20)15-28-24(31)14-19-4-2-1-3-5-23(30)29-22(16-33-25(19)32)18-8-12-21(27)13-9-18/h1-2,6-13,19,22H,3-5,14-16H2,(H,28,31)(H,29,30)/b2-1-/t19-,22-/m0/s1. The van der Waals surface area contributed by atoms with Crippen molar-refractivity contribution in [2.75, 3.05) is 6.61 Å². The Morgan fingerprint density at radius 3 is 2.36 bits per heavy atom. The van der Waals surface area contributed by atoms with E-state index in [-0.39, 0.29) is 24.8 Å². The maximum atomic E-state index is 12.8. The Bertz CT molecular complexity index is 990. The molecule has 1 aliphatic rings. The molecule has 2 N–H and O–H groups in total. The van der Waals surface area contributed by atoms with Crippen LogP contribution in [0, 0.1) is 5.92 Å². The molecule has 8 heteroatoms. The maximum Gasteiger partial charge on any atom is 0.309 e. The van der Waals surface area contributed by atoms with Crippen LogP contribution in [0.4, 0.5) is 0 Å². The summed E-state index contributed by atoms with van der Waals surface area (Å²) < 4.78 is 5.53. The summed E-state index contributed by atoms with van der Waals surface area (Å²) in [5.41, 5.74) is 1.70. The molecule has 1 aliphatic heterocycles. The predicted octanol–water partition coefficient (Wildman–Crippen LogP) is 4.76. The van der Waals surface area contributed by atoms with Crippen molar-refractivity contribution >= 4 is 41.0 Å². The molecule has 2 aromatic rings. The van der Waals surface area contributed by atoms with Gasteiger partial charge in [-0.25, -0.2) is 0 Å². The maximum absolute atomic E-state index is 12.8. The largest absolute Gasteiger partial charge is 0.463 e. The van der Waals surface area contributed by atoms with E-state index in [9.17, 15) is 14.4 Å². The number of ether oxygens (including phenoxy) is 1. The Morgan fingerprint density at radius 1 is 1.00 bits per heavy atom. The lowest BCUT2D eigenvalue weighted by atomic mass is 9.99. The van der Waals surface area contributed by atoms with Crippen molar-refractivity contribution in [1.29, 1.82) is 0 Å². The van der Waals surface area contributed by atoms with Crippen LogP contribution >= 0.6 is 23.2 Å². The van der Waals surface area contributed by atoms with Gasteiger partial charge in [-0.2, -0.15) is 0 Å². The summed E-state index contributed by atoms with van der Waals surface area (Å²) >= 11 is 11.8. The van der Waals surface area contributed by atoms with E-state index in [0.717, 1.165) is 11.1 Å². The minimum atomic E-state index is -0.618. The number of carbonyl (C=O) groups excluding carboxylic acids is 3. The van der Waals surface area contributed by atoms with Gasteiger partial charge in [0, 0.05) is 29.4 Å². The van der Waals surface area contributed by atoms with Crippen molar-refractivity contribution < 1.29 is 19.1 Å². The number of esters is 1. The van der Waals surface area contributed by atoms with Gasteiger partial charge in [0.15, 0.2) is 0 Å². The Morgan fingerprint density at radius 2 is 1.67 bits per heavy atom. The fourth-order valence-corrected chi connectivity index (χ4v) is 3.67. The minimum absolute atomic E-state index is 0.00866. The number of benzene rings is 2. The van der Waals surface area contributed by atoms with Gasteiger partial charge in [0.25, 0.3) is 0 Å². The lowest BCUT2D eigenvalue weighted by Gasteiger charge is -2.22. The van der Waals surface area contributed by atoms with Crippen LogP contribution in [0.2, 0.25) is 10.0 Å². The first-order chi connectivity index (χ1) is 15.9. The molecule has 2 amide bonds. The second-order valence-corrected chi connectivity index (χ2v) is 8.72. The zero-order valence-electron chi connectivity index (χ0n) is 18.1. The van der Waals surface area contributed by atoms with E-state index < -0.39 is 17.9 Å². The first kappa shape index (κ1) is 24.8. The van der Waals surface area contributed by atoms with Crippen molar-refractivity contribution in [1.82, 2.24) is 10.6 Å². The predicted molar refractivity (Wildman–Crippen MR) is 128 cm³/mol. The zero-order valence-corrected chi connectivity index (χ0v) is 19.6. The molecule has 2 atom stereocenters. The van der Waals surface area contributed by atoms with E-state index in [0.29, 0.717) is 35.9 Å². The van der Waals surface area contributed by atoms with Gasteiger partial charge in [-0.1, -0.05) is 59.6 Å². The summed E-state index contributed by atoms with van der Waals surface area (Å²) in [5, 5.41) is 6.94. The Labute approximate surface area is 203 Å². The van der Waals surface area contributed by atoms with Gasteiger partial charge in [0.05, 0.1) is 12.0 Å². The fourth-order valence-electron chi connectivity index (χ4n) is 3.42. The summed E-state index contributed by atoms with van der Waals surface area (Å²) in [6.45, 7) is 0.317. The third kappa shape index (κ3) is 8.22. The second kappa shape index (κ2) is 12.4. The zero-order chi connectivity index (χ0) is 23.6. The molecule has 2 aromatic carbocycles. The van der Waals surface area contributed by atoms with Crippen LogP contribution in [0.15, 0.2) is 60.7 Å². The first-order valence-electron chi connectivity index (χ1n) is 10.8. The van der Waals surface area contributed by atoms with E-state index in [1.54, 1.807) is 36.4 Å². The number of hydrogen-bond acceptors (Lipinski definition) is 4. The summed E-state index contributed by atoms with van der Waals surface area (Å²) in [7, 11) is 0. The molecular weight excluding hydrogens is 463 g/mol. The molecular formula is C25H26Cl2N2O4. The Hall–Kier alpha value is -2.83. The molecule has 3 rings (SSSR count). The number of hydrogen-bond donors (Lipinski definition) is 2. The highest BCUT2D eigenvalue weighted by molar-refractivity contribution is 6.30. The molecule has 33 heavy (non-hydrogen) atoms. The van der Waals surface area contributed by atoms with Gasteiger partial charge in [-0.15, -0.1) is 0 Å². The highest BCUT2D eigenvalue weighted by atomic mass is 35.5. The number of nitrogens with one attached hydrogen (secondary N) is 2. The molecule has 0 unspecified atom stereocenters. The summed E-state index contributed by atoms with van der Waals surface area (Å²) in [6, 6.07) is 13.7. The second-order valence-electron chi connectivity index (χ2n) is 7.85. The number of rotatable bonds is 5. The van der Waals surface area contributed by atoms with Gasteiger partial charge in [0.1, 0.15) is 6.61 Å². The fraction of sp³-hybridized carbons (Fsp3) is 0.320. The molecule has 0 bridgehead atoms. The molecule has 0 saturated carbocycles. The van der Waals surface area contributed by atoms with E-state index in [1.165, 1.54) is 0 Å². The van der Waals surface area contributed by atoms with Crippen molar-refractivity contribution in [2.24, 2.45) is 5.92 Å². The topological polar surface area (TPSA) is 84.5 Å². The van der Waals surface area contributed by atoms with Crippen LogP contribution in [0.1, 0.15) is 42.9 Å². The molecule has 0 spiro atoms. The monoisotopic (exact) mass is 488 g/mol. The number of carbonyl (C=O) groups is 3. The normalized spacial score (nSPS) is 20.5. The number of allylic oxidation sites excluding steroid dienone is 2. The van der Waals surface area contributed by atoms with Crippen LogP contribution in [-0.4, -0.2) is 24.4 Å². The number of halogens is 2. The van der Waals surface area contributed by atoms with Gasteiger partial charge in [0.2, 0.25) is 11.8 Å². The van der Waals surface area contributed by atoms with Crippen molar-refractivity contribution in [2.45, 2.75) is 38.3 Å². The third-order valence-corrected chi connectivity index (χ3v) is 5.80. The highest BCUT2D eigenvalue weighted by Gasteiger charge is 2.25. The van der Waals surface area contributed by atoms with Crippen molar-refractivity contribution in [3.05, 3.63) is 81.9 Å². The summed E-state index contributed by atoms with van der Waals surface area (Å²) in [6.07, 6.45) is 4.91. The number of cyclic esters (lactones) is 1. The molecule has 174 valence electrons. The first-order valence-corrected chi connectivity index (χ1v) is 11.5. The van der Waals surface area contributed by atoms with Gasteiger partial charge < -0.3 is 15.4 Å². The van der Waals surface area contributed by atoms with Crippen LogP contribution in [-0.2, 0) is 25.7 Å². The Balaban J connectivity index is 1.64. The van der Waals surface area contributed by atoms with Crippen molar-refractivity contribution in [3.8, 4) is 0 Å². The molecule has 1 heterocycles. The minimum Gasteiger partial charge on any atom is -0.463 e. The quantitative estimate of drug-likeness (QED) is 0.469. The van der Waals surface area contributed by atoms with E-state index in [1.807, 2.05) is 24.3 Å². The average molecular weight is 489 g/mol. The van der Waals surface area contributed by atoms with Gasteiger partial charge in [-0.3, -0.25) is 14.4 Å². The van der Waals surface area contributed by atoms with Crippen LogP contribution in [0.25, 0.3) is 0 Å². The lowest BCUT2D eigenvalue weighted by Crippen LogP contribution is -2.34. The van der Waals surface area contributed by atoms with Crippen LogP contribution in [0.3, 0.4) is 0 Å². The van der Waals surface area contributed by atoms with E-state index in [2.05, 4.69) is 10.6 Å². The SMILES string of the molecule is O=C(C[C@@H]1C/C=C\CCC(=O)N[C@H](c2ccc(Cl)cc2)COC1=O)NCc1ccc(Cl)cc1. The van der Waals surface area contributed by atoms with Crippen molar-refractivity contribution in [3.63, 3.8) is 0 Å². The third-order valence-electron chi connectivity index (χ3n) is 5.29. The molecule has 0 aliphatic carbocycles. The van der Waals surface area contributed by atoms with Crippen LogP contribution < -0.4 is 10.6 Å². The highest BCUT2D eigenvalue weighted by Crippen LogP contribution is 2.20.